The molecule has 0 saturated carbocycles. The molecule has 0 unspecified atom stereocenters. The molecular weight excluding hydrogens is 190 g/mol. The molecule has 76 valence electrons. The number of carbonyl (C=O) groups is 2. The van der Waals surface area contributed by atoms with E-state index in [4.69, 9.17) is 4.42 Å². The summed E-state index contributed by atoms with van der Waals surface area (Å²) in [5.41, 5.74) is -0.170. The van der Waals surface area contributed by atoms with Gasteiger partial charge in [-0.15, -0.1) is 0 Å². The Kier molecular flexibility index (Phi) is 2.85. The Morgan fingerprint density at radius 3 is 2.29 bits per heavy atom. The van der Waals surface area contributed by atoms with Crippen LogP contribution in [0.25, 0.3) is 0 Å². The molecule has 0 saturated heterocycles. The number of aromatic nitrogens is 1. The van der Waals surface area contributed by atoms with Crippen LogP contribution < -0.4 is 0 Å². The van der Waals surface area contributed by atoms with Crippen LogP contribution in [0.5, 0.6) is 0 Å². The van der Waals surface area contributed by atoms with E-state index in [-0.39, 0.29) is 17.3 Å². The topological polar surface area (TPSA) is 78.6 Å². The van der Waals surface area contributed by atoms with Crippen LogP contribution in [0.1, 0.15) is 26.9 Å². The van der Waals surface area contributed by atoms with E-state index in [2.05, 4.69) is 14.5 Å². The number of aryl methyl sites for hydroxylation is 1. The van der Waals surface area contributed by atoms with Gasteiger partial charge in [0.05, 0.1) is 14.2 Å². The first kappa shape index (κ1) is 10.2. The minimum Gasteiger partial charge on any atom is -0.464 e. The van der Waals surface area contributed by atoms with E-state index in [0.717, 1.165) is 0 Å². The molecule has 6 nitrogen and oxygen atoms in total. The van der Waals surface area contributed by atoms with Gasteiger partial charge in [0.2, 0.25) is 11.5 Å². The van der Waals surface area contributed by atoms with Crippen LogP contribution in [0, 0.1) is 6.92 Å². The van der Waals surface area contributed by atoms with Crippen molar-refractivity contribution in [1.29, 1.82) is 0 Å². The molecule has 0 radical (unpaired) electrons. The number of hydrogen-bond acceptors (Lipinski definition) is 6. The van der Waals surface area contributed by atoms with Crippen molar-refractivity contribution >= 4 is 11.9 Å². The highest BCUT2D eigenvalue weighted by molar-refractivity contribution is 5.99. The van der Waals surface area contributed by atoms with Crippen molar-refractivity contribution in [3.05, 3.63) is 17.3 Å². The van der Waals surface area contributed by atoms with Gasteiger partial charge < -0.3 is 13.9 Å². The molecule has 0 fully saturated rings. The maximum atomic E-state index is 11.1. The summed E-state index contributed by atoms with van der Waals surface area (Å²) in [6, 6.07) is 0. The van der Waals surface area contributed by atoms with Gasteiger partial charge in [-0.05, 0) is 0 Å². The molecule has 0 amide bonds. The van der Waals surface area contributed by atoms with Crippen LogP contribution in [-0.4, -0.2) is 31.1 Å². The average Bonchev–Trinajstić information content (AvgIpc) is 2.58. The highest BCUT2D eigenvalue weighted by Gasteiger charge is 2.25. The lowest BCUT2D eigenvalue weighted by Crippen LogP contribution is -2.10. The molecule has 0 bridgehead atoms. The van der Waals surface area contributed by atoms with Gasteiger partial charge in [0.1, 0.15) is 0 Å². The van der Waals surface area contributed by atoms with Crippen molar-refractivity contribution in [3.63, 3.8) is 0 Å². The Morgan fingerprint density at radius 1 is 1.21 bits per heavy atom. The van der Waals surface area contributed by atoms with Gasteiger partial charge in [-0.2, -0.15) is 0 Å². The highest BCUT2D eigenvalue weighted by Crippen LogP contribution is 2.12. The van der Waals surface area contributed by atoms with E-state index in [9.17, 15) is 9.59 Å². The zero-order valence-corrected chi connectivity index (χ0v) is 7.99. The number of methoxy groups -OCH3 is 2. The largest absolute Gasteiger partial charge is 0.464 e. The lowest BCUT2D eigenvalue weighted by atomic mass is 10.3. The fourth-order valence-electron chi connectivity index (χ4n) is 0.893. The summed E-state index contributed by atoms with van der Waals surface area (Å²) >= 11 is 0. The first-order valence-corrected chi connectivity index (χ1v) is 3.74. The van der Waals surface area contributed by atoms with Gasteiger partial charge in [0, 0.05) is 6.92 Å². The molecule has 0 atom stereocenters. The normalized spacial score (nSPS) is 9.64. The van der Waals surface area contributed by atoms with Gasteiger partial charge in [-0.3, -0.25) is 0 Å². The van der Waals surface area contributed by atoms with Gasteiger partial charge in [-0.25, -0.2) is 14.6 Å². The molecule has 1 aromatic heterocycles. The predicted octanol–water partition coefficient (Wildman–Crippen LogP) is 0.556. The number of esters is 2. The molecular formula is C8H9NO5. The lowest BCUT2D eigenvalue weighted by Gasteiger charge is -1.96. The van der Waals surface area contributed by atoms with Gasteiger partial charge in [-0.1, -0.05) is 0 Å². The zero-order valence-electron chi connectivity index (χ0n) is 7.99. The molecule has 0 aliphatic carbocycles. The summed E-state index contributed by atoms with van der Waals surface area (Å²) < 4.78 is 13.7. The Balaban J connectivity index is 3.15. The molecule has 1 rings (SSSR count). The van der Waals surface area contributed by atoms with Crippen molar-refractivity contribution in [2.24, 2.45) is 0 Å². The third-order valence-electron chi connectivity index (χ3n) is 1.48. The first-order chi connectivity index (χ1) is 6.60. The van der Waals surface area contributed by atoms with Crippen molar-refractivity contribution in [2.75, 3.05) is 14.2 Å². The van der Waals surface area contributed by atoms with Crippen LogP contribution in [0.3, 0.4) is 0 Å². The fourth-order valence-corrected chi connectivity index (χ4v) is 0.893. The van der Waals surface area contributed by atoms with E-state index < -0.39 is 11.9 Å². The number of hydrogen-bond donors (Lipinski definition) is 0. The van der Waals surface area contributed by atoms with E-state index in [0.29, 0.717) is 0 Å². The summed E-state index contributed by atoms with van der Waals surface area (Å²) in [4.78, 5) is 25.9. The van der Waals surface area contributed by atoms with Gasteiger partial charge in [0.25, 0.3) is 0 Å². The second-order valence-corrected chi connectivity index (χ2v) is 2.39. The number of carbonyl (C=O) groups excluding carboxylic acids is 2. The standard InChI is InChI=1S/C8H9NO5/c1-4-9-5(7(10)12-2)6(14-4)8(11)13-3/h1-3H3. The molecule has 6 heteroatoms. The molecule has 14 heavy (non-hydrogen) atoms. The Bertz CT molecular complexity index is 334. The van der Waals surface area contributed by atoms with Crippen molar-refractivity contribution in [2.45, 2.75) is 6.92 Å². The van der Waals surface area contributed by atoms with Gasteiger partial charge >= 0.3 is 11.9 Å². The smallest absolute Gasteiger partial charge is 0.376 e. The van der Waals surface area contributed by atoms with Crippen molar-refractivity contribution in [3.8, 4) is 0 Å². The van der Waals surface area contributed by atoms with Crippen molar-refractivity contribution < 1.29 is 23.5 Å². The SMILES string of the molecule is COC(=O)c1nc(C)oc1C(=O)OC. The van der Waals surface area contributed by atoms with Crippen LogP contribution in [0.15, 0.2) is 4.42 Å². The third kappa shape index (κ3) is 1.73. The summed E-state index contributed by atoms with van der Waals surface area (Å²) in [7, 11) is 2.37. The Labute approximate surface area is 79.8 Å². The lowest BCUT2D eigenvalue weighted by molar-refractivity contribution is 0.0526. The van der Waals surface area contributed by atoms with Crippen LogP contribution in [-0.2, 0) is 9.47 Å². The van der Waals surface area contributed by atoms with E-state index in [1.54, 1.807) is 0 Å². The van der Waals surface area contributed by atoms with Crippen LogP contribution in [0.4, 0.5) is 0 Å². The number of ether oxygens (including phenoxy) is 2. The molecule has 1 heterocycles. The summed E-state index contributed by atoms with van der Waals surface area (Å²) in [5.74, 6) is -1.53. The van der Waals surface area contributed by atoms with E-state index >= 15 is 0 Å². The molecule has 1 aromatic rings. The second-order valence-electron chi connectivity index (χ2n) is 2.39. The highest BCUT2D eigenvalue weighted by atomic mass is 16.5. The van der Waals surface area contributed by atoms with E-state index in [1.165, 1.54) is 21.1 Å². The molecule has 0 aliphatic rings. The first-order valence-electron chi connectivity index (χ1n) is 3.74. The van der Waals surface area contributed by atoms with Crippen LogP contribution in [0.2, 0.25) is 0 Å². The van der Waals surface area contributed by atoms with Crippen LogP contribution >= 0.6 is 0 Å². The quantitative estimate of drug-likeness (QED) is 0.647. The predicted molar refractivity (Wildman–Crippen MR) is 43.9 cm³/mol. The fraction of sp³-hybridized carbons (Fsp3) is 0.375. The zero-order chi connectivity index (χ0) is 10.7. The number of rotatable bonds is 2. The molecule has 0 aliphatic heterocycles. The molecule has 0 spiro atoms. The van der Waals surface area contributed by atoms with Gasteiger partial charge in [0.15, 0.2) is 5.89 Å². The monoisotopic (exact) mass is 199 g/mol. The summed E-state index contributed by atoms with van der Waals surface area (Å²) in [5, 5.41) is 0. The maximum absolute atomic E-state index is 11.1. The Hall–Kier alpha value is -1.85. The minimum atomic E-state index is -0.758. The Morgan fingerprint density at radius 2 is 1.79 bits per heavy atom. The maximum Gasteiger partial charge on any atom is 0.376 e. The number of nitrogens with zero attached hydrogens (tertiary/aromatic N) is 1. The summed E-state index contributed by atoms with van der Waals surface area (Å²) in [6.07, 6.45) is 0. The number of oxazole rings is 1. The average molecular weight is 199 g/mol. The summed E-state index contributed by atoms with van der Waals surface area (Å²) in [6.45, 7) is 1.51. The molecule has 0 N–H and O–H groups in total. The minimum absolute atomic E-state index is 0.170. The second kappa shape index (κ2) is 3.91. The van der Waals surface area contributed by atoms with Crippen molar-refractivity contribution in [1.82, 2.24) is 4.98 Å². The van der Waals surface area contributed by atoms with E-state index in [1.807, 2.05) is 0 Å². The third-order valence-corrected chi connectivity index (χ3v) is 1.48. The molecule has 0 aromatic carbocycles.